The monoisotopic (exact) mass is 682 g/mol. The van der Waals surface area contributed by atoms with Crippen LogP contribution in [0.3, 0.4) is 0 Å². The first kappa shape index (κ1) is 31.9. The van der Waals surface area contributed by atoms with E-state index in [-0.39, 0.29) is 31.2 Å². The molecule has 3 aromatic carbocycles. The van der Waals surface area contributed by atoms with Crippen molar-refractivity contribution >= 4 is 28.8 Å². The Hall–Kier alpha value is -5.63. The first-order chi connectivity index (χ1) is 23.6. The standard InChI is InChI=1S/C35H29F3N8O2S/c1-22-12-13-23(17-28(22)33(47)39-26-8-3-2-4-9-26)29-20-45(43-41-29)19-24-14-15-44(21-35(24,37)38)34(48)31-40-32(30-11-6-16-49-30)46(42-31)27-10-5-7-25(36)18-27/h2-13,16-18,20,24H,14-15,19,21H2,1H3,(H,39,47). The Kier molecular flexibility index (Phi) is 8.55. The molecule has 10 nitrogen and oxygen atoms in total. The van der Waals surface area contributed by atoms with Crippen LogP contribution >= 0.6 is 11.3 Å². The second kappa shape index (κ2) is 13.1. The number of aromatic nitrogens is 6. The number of aryl methyl sites for hydroxylation is 1. The number of halogens is 3. The summed E-state index contributed by atoms with van der Waals surface area (Å²) in [6.07, 6.45) is 1.58. The van der Waals surface area contributed by atoms with Crippen LogP contribution in [0, 0.1) is 18.7 Å². The predicted octanol–water partition coefficient (Wildman–Crippen LogP) is 6.75. The number of nitrogens with one attached hydrogen (secondary N) is 1. The number of likely N-dealkylation sites (tertiary alicyclic amines) is 1. The molecule has 1 aliphatic rings. The van der Waals surface area contributed by atoms with E-state index in [9.17, 15) is 14.0 Å². The zero-order valence-electron chi connectivity index (χ0n) is 26.1. The number of rotatable bonds is 8. The third-order valence-electron chi connectivity index (χ3n) is 8.38. The summed E-state index contributed by atoms with van der Waals surface area (Å²) in [4.78, 5) is 32.6. The Morgan fingerprint density at radius 1 is 1.02 bits per heavy atom. The first-order valence-electron chi connectivity index (χ1n) is 15.5. The second-order valence-electron chi connectivity index (χ2n) is 11.8. The van der Waals surface area contributed by atoms with Crippen molar-refractivity contribution in [3.63, 3.8) is 0 Å². The smallest absolute Gasteiger partial charge is 0.293 e. The molecule has 248 valence electrons. The number of carbonyl (C=O) groups is 2. The van der Waals surface area contributed by atoms with Gasteiger partial charge in [0.15, 0.2) is 5.82 Å². The van der Waals surface area contributed by atoms with E-state index in [0.29, 0.717) is 38.9 Å². The number of hydrogen-bond donors (Lipinski definition) is 1. The van der Waals surface area contributed by atoms with Gasteiger partial charge in [-0.1, -0.05) is 47.7 Å². The lowest BCUT2D eigenvalue weighted by Crippen LogP contribution is -2.52. The number of nitrogens with zero attached hydrogens (tertiary/aromatic N) is 7. The molecule has 6 aromatic rings. The van der Waals surface area contributed by atoms with Crippen LogP contribution in [0.5, 0.6) is 0 Å². The molecule has 1 N–H and O–H groups in total. The fraction of sp³-hybridized carbons (Fsp3) is 0.200. The summed E-state index contributed by atoms with van der Waals surface area (Å²) >= 11 is 1.36. The molecule has 0 aliphatic carbocycles. The Morgan fingerprint density at radius 2 is 1.86 bits per heavy atom. The summed E-state index contributed by atoms with van der Waals surface area (Å²) < 4.78 is 48.0. The summed E-state index contributed by atoms with van der Waals surface area (Å²) in [6, 6.07) is 23.7. The highest BCUT2D eigenvalue weighted by Gasteiger charge is 2.46. The van der Waals surface area contributed by atoms with Gasteiger partial charge >= 0.3 is 0 Å². The van der Waals surface area contributed by atoms with Crippen molar-refractivity contribution in [3.05, 3.63) is 119 Å². The molecule has 49 heavy (non-hydrogen) atoms. The number of carbonyl (C=O) groups excluding carboxylic acids is 2. The summed E-state index contributed by atoms with van der Waals surface area (Å²) in [5.41, 5.74) is 3.29. The largest absolute Gasteiger partial charge is 0.330 e. The van der Waals surface area contributed by atoms with Gasteiger partial charge in [0, 0.05) is 29.3 Å². The number of benzene rings is 3. The van der Waals surface area contributed by atoms with E-state index in [4.69, 9.17) is 0 Å². The first-order valence-corrected chi connectivity index (χ1v) is 16.3. The maximum atomic E-state index is 15.6. The number of para-hydroxylation sites is 1. The number of alkyl halides is 2. The van der Waals surface area contributed by atoms with Gasteiger partial charge in [0.05, 0.1) is 29.9 Å². The van der Waals surface area contributed by atoms with E-state index in [0.717, 1.165) is 10.5 Å². The van der Waals surface area contributed by atoms with Gasteiger partial charge in [-0.2, -0.15) is 0 Å². The Labute approximate surface area is 282 Å². The Morgan fingerprint density at radius 3 is 2.61 bits per heavy atom. The lowest BCUT2D eigenvalue weighted by atomic mass is 9.92. The molecule has 4 heterocycles. The van der Waals surface area contributed by atoms with Crippen LogP contribution in [0.2, 0.25) is 0 Å². The molecule has 1 saturated heterocycles. The lowest BCUT2D eigenvalue weighted by Gasteiger charge is -2.37. The van der Waals surface area contributed by atoms with Crippen molar-refractivity contribution in [2.75, 3.05) is 18.4 Å². The van der Waals surface area contributed by atoms with E-state index in [1.807, 2.05) is 30.5 Å². The minimum atomic E-state index is -3.24. The van der Waals surface area contributed by atoms with Crippen molar-refractivity contribution in [3.8, 4) is 27.6 Å². The summed E-state index contributed by atoms with van der Waals surface area (Å²) in [5, 5.41) is 17.3. The fourth-order valence-electron chi connectivity index (χ4n) is 5.77. The van der Waals surface area contributed by atoms with E-state index < -0.39 is 30.1 Å². The molecule has 14 heteroatoms. The predicted molar refractivity (Wildman–Crippen MR) is 178 cm³/mol. The van der Waals surface area contributed by atoms with Gasteiger partial charge in [-0.15, -0.1) is 21.5 Å². The third kappa shape index (κ3) is 6.72. The molecule has 0 radical (unpaired) electrons. The number of piperidine rings is 1. The van der Waals surface area contributed by atoms with Crippen LogP contribution in [-0.2, 0) is 6.54 Å². The Bertz CT molecular complexity index is 2130. The van der Waals surface area contributed by atoms with E-state index in [1.54, 1.807) is 54.7 Å². The van der Waals surface area contributed by atoms with Crippen molar-refractivity contribution < 1.29 is 22.8 Å². The van der Waals surface area contributed by atoms with Gasteiger partial charge in [0.1, 0.15) is 11.5 Å². The van der Waals surface area contributed by atoms with Crippen molar-refractivity contribution in [2.24, 2.45) is 5.92 Å². The van der Waals surface area contributed by atoms with Crippen LogP contribution in [0.1, 0.15) is 33.0 Å². The van der Waals surface area contributed by atoms with Crippen LogP contribution in [-0.4, -0.2) is 65.5 Å². The van der Waals surface area contributed by atoms with Gasteiger partial charge < -0.3 is 10.2 Å². The number of hydrogen-bond acceptors (Lipinski definition) is 7. The summed E-state index contributed by atoms with van der Waals surface area (Å²) in [7, 11) is 0. The highest BCUT2D eigenvalue weighted by molar-refractivity contribution is 7.13. The molecule has 1 unspecified atom stereocenters. The molecule has 2 amide bonds. The van der Waals surface area contributed by atoms with E-state index >= 15 is 8.78 Å². The molecular weight excluding hydrogens is 653 g/mol. The molecular formula is C35H29F3N8O2S. The zero-order valence-corrected chi connectivity index (χ0v) is 26.9. The molecule has 1 fully saturated rings. The average molecular weight is 683 g/mol. The maximum Gasteiger partial charge on any atom is 0.293 e. The second-order valence-corrected chi connectivity index (χ2v) is 12.7. The highest BCUT2D eigenvalue weighted by atomic mass is 32.1. The van der Waals surface area contributed by atoms with Crippen LogP contribution in [0.4, 0.5) is 18.9 Å². The van der Waals surface area contributed by atoms with Gasteiger partial charge in [-0.25, -0.2) is 22.8 Å². The third-order valence-corrected chi connectivity index (χ3v) is 9.25. The zero-order chi connectivity index (χ0) is 34.1. The van der Waals surface area contributed by atoms with E-state index in [2.05, 4.69) is 25.7 Å². The van der Waals surface area contributed by atoms with Crippen LogP contribution in [0.15, 0.2) is 96.5 Å². The van der Waals surface area contributed by atoms with Crippen LogP contribution in [0.25, 0.3) is 27.6 Å². The van der Waals surface area contributed by atoms with Gasteiger partial charge in [-0.05, 0) is 66.8 Å². The molecule has 1 atom stereocenters. The minimum absolute atomic E-state index is 0.00462. The Balaban J connectivity index is 1.04. The van der Waals surface area contributed by atoms with Crippen molar-refractivity contribution in [1.29, 1.82) is 0 Å². The lowest BCUT2D eigenvalue weighted by molar-refractivity contribution is -0.108. The number of amides is 2. The fourth-order valence-corrected chi connectivity index (χ4v) is 6.47. The molecule has 0 spiro atoms. The van der Waals surface area contributed by atoms with Gasteiger partial charge in [-0.3, -0.25) is 14.3 Å². The number of anilines is 1. The molecule has 0 bridgehead atoms. The topological polar surface area (TPSA) is 111 Å². The van der Waals surface area contributed by atoms with Crippen molar-refractivity contribution in [2.45, 2.75) is 25.8 Å². The highest BCUT2D eigenvalue weighted by Crippen LogP contribution is 2.35. The van der Waals surface area contributed by atoms with Gasteiger partial charge in [0.2, 0.25) is 5.82 Å². The molecule has 3 aromatic heterocycles. The van der Waals surface area contributed by atoms with E-state index in [1.165, 1.54) is 38.9 Å². The average Bonchev–Trinajstić information content (AvgIpc) is 3.88. The molecule has 1 aliphatic heterocycles. The normalized spacial score (nSPS) is 15.7. The van der Waals surface area contributed by atoms with Gasteiger partial charge in [0.25, 0.3) is 17.7 Å². The summed E-state index contributed by atoms with van der Waals surface area (Å²) in [6.45, 7) is 0.943. The maximum absolute atomic E-state index is 15.6. The summed E-state index contributed by atoms with van der Waals surface area (Å²) in [5.74, 6) is -5.81. The molecule has 0 saturated carbocycles. The minimum Gasteiger partial charge on any atom is -0.330 e. The number of thiophene rings is 1. The SMILES string of the molecule is Cc1ccc(-c2cn(CC3CCN(C(=O)c4nc(-c5cccs5)n(-c5cccc(F)c5)n4)CC3(F)F)nn2)cc1C(=O)Nc1ccccc1. The quantitative estimate of drug-likeness (QED) is 0.190. The van der Waals surface area contributed by atoms with Crippen molar-refractivity contribution in [1.82, 2.24) is 34.7 Å². The molecule has 7 rings (SSSR count). The van der Waals surface area contributed by atoms with Crippen LogP contribution < -0.4 is 5.32 Å².